The molecule has 7 rings (SSSR count). The maximum atomic E-state index is 11.0. The van der Waals surface area contributed by atoms with Gasteiger partial charge in [0, 0.05) is 34.8 Å². The van der Waals surface area contributed by atoms with Crippen molar-refractivity contribution in [3.8, 4) is 56.5 Å². The Hall–Kier alpha value is -5.55. The summed E-state index contributed by atoms with van der Waals surface area (Å²) < 4.78 is 2.11. The molecule has 0 fully saturated rings. The maximum Gasteiger partial charge on any atom is 0.222 e. The highest BCUT2D eigenvalue weighted by Gasteiger charge is 2.23. The summed E-state index contributed by atoms with van der Waals surface area (Å²) >= 11 is 0. The molecular formula is C39H32N4O. The lowest BCUT2D eigenvalue weighted by atomic mass is 9.87. The van der Waals surface area contributed by atoms with E-state index in [1.807, 2.05) is 48.7 Å². The first-order chi connectivity index (χ1) is 21.4. The number of rotatable bonds is 5. The molecule has 0 bridgehead atoms. The SMILES string of the molecule is CC(C)(C)c1cnc(O)c(-c2nc3c(-c4cccc(-c5ccc(-c6ccccc6)cn5)c4)cccc3n2-c2ccccc2)c1. The summed E-state index contributed by atoms with van der Waals surface area (Å²) in [4.78, 5) is 14.4. The number of aromatic nitrogens is 4. The maximum absolute atomic E-state index is 11.0. The van der Waals surface area contributed by atoms with Crippen LogP contribution in [0.2, 0.25) is 0 Å². The van der Waals surface area contributed by atoms with Gasteiger partial charge in [0.25, 0.3) is 0 Å². The lowest BCUT2D eigenvalue weighted by molar-refractivity contribution is 0.453. The summed E-state index contributed by atoms with van der Waals surface area (Å²) in [5, 5.41) is 11.0. The Kier molecular flexibility index (Phi) is 6.78. The van der Waals surface area contributed by atoms with Gasteiger partial charge in [0.1, 0.15) is 0 Å². The van der Waals surface area contributed by atoms with Crippen LogP contribution in [-0.4, -0.2) is 24.6 Å². The van der Waals surface area contributed by atoms with Gasteiger partial charge in [0.2, 0.25) is 5.88 Å². The van der Waals surface area contributed by atoms with Crippen molar-refractivity contribution < 1.29 is 5.11 Å². The number of hydrogen-bond acceptors (Lipinski definition) is 4. The predicted octanol–water partition coefficient (Wildman–Crippen LogP) is 9.49. The van der Waals surface area contributed by atoms with Crippen molar-refractivity contribution >= 4 is 11.0 Å². The number of nitrogens with zero attached hydrogens (tertiary/aromatic N) is 4. The second kappa shape index (κ2) is 10.9. The zero-order chi connectivity index (χ0) is 30.3. The van der Waals surface area contributed by atoms with Crippen LogP contribution < -0.4 is 0 Å². The van der Waals surface area contributed by atoms with Gasteiger partial charge in [-0.05, 0) is 58.5 Å². The van der Waals surface area contributed by atoms with E-state index in [1.165, 1.54) is 0 Å². The van der Waals surface area contributed by atoms with Gasteiger partial charge in [-0.1, -0.05) is 106 Å². The molecule has 0 saturated heterocycles. The number of para-hydroxylation sites is 2. The highest BCUT2D eigenvalue weighted by Crippen LogP contribution is 2.38. The van der Waals surface area contributed by atoms with Gasteiger partial charge in [-0.3, -0.25) is 9.55 Å². The Morgan fingerprint density at radius 1 is 0.591 bits per heavy atom. The van der Waals surface area contributed by atoms with Gasteiger partial charge in [-0.25, -0.2) is 9.97 Å². The van der Waals surface area contributed by atoms with E-state index in [2.05, 4.69) is 109 Å². The molecule has 0 aliphatic carbocycles. The van der Waals surface area contributed by atoms with Crippen LogP contribution >= 0.6 is 0 Å². The summed E-state index contributed by atoms with van der Waals surface area (Å²) in [6.45, 7) is 6.42. The van der Waals surface area contributed by atoms with Gasteiger partial charge >= 0.3 is 0 Å². The van der Waals surface area contributed by atoms with E-state index in [0.717, 1.165) is 55.8 Å². The molecular weight excluding hydrogens is 540 g/mol. The van der Waals surface area contributed by atoms with Crippen LogP contribution in [0.3, 0.4) is 0 Å². The Morgan fingerprint density at radius 2 is 1.30 bits per heavy atom. The standard InChI is InChI=1S/C39H32N4O/c1-39(2,3)30-23-33(38(44)41-25-30)37-42-36-32(18-11-19-35(36)43(37)31-16-8-5-9-17-31)27-14-10-15-28(22-27)34-21-20-29(24-40-34)26-12-6-4-7-13-26/h4-25H,1-3H3,(H,41,44). The third-order valence-corrected chi connectivity index (χ3v) is 8.01. The third-order valence-electron chi connectivity index (χ3n) is 8.01. The fraction of sp³-hybridized carbons (Fsp3) is 0.103. The molecule has 0 aliphatic rings. The smallest absolute Gasteiger partial charge is 0.222 e. The molecule has 0 spiro atoms. The zero-order valence-corrected chi connectivity index (χ0v) is 24.9. The number of pyridine rings is 2. The van der Waals surface area contributed by atoms with E-state index in [1.54, 1.807) is 6.20 Å². The quantitative estimate of drug-likeness (QED) is 0.223. The Morgan fingerprint density at radius 3 is 2.02 bits per heavy atom. The second-order valence-electron chi connectivity index (χ2n) is 12.0. The molecule has 5 nitrogen and oxygen atoms in total. The average molecular weight is 573 g/mol. The molecule has 0 atom stereocenters. The van der Waals surface area contributed by atoms with Gasteiger partial charge in [0.15, 0.2) is 5.82 Å². The molecule has 0 radical (unpaired) electrons. The molecule has 0 aliphatic heterocycles. The number of hydrogen-bond donors (Lipinski definition) is 1. The first kappa shape index (κ1) is 27.3. The number of fused-ring (bicyclic) bond motifs is 1. The summed E-state index contributed by atoms with van der Waals surface area (Å²) in [5.41, 5.74) is 10.4. The van der Waals surface area contributed by atoms with Crippen molar-refractivity contribution in [3.63, 3.8) is 0 Å². The first-order valence-electron chi connectivity index (χ1n) is 14.8. The van der Waals surface area contributed by atoms with E-state index in [-0.39, 0.29) is 11.3 Å². The number of imidazole rings is 1. The summed E-state index contributed by atoms with van der Waals surface area (Å²) in [6, 6.07) is 41.3. The minimum atomic E-state index is -0.141. The predicted molar refractivity (Wildman–Crippen MR) is 179 cm³/mol. The molecule has 4 aromatic carbocycles. The van der Waals surface area contributed by atoms with Crippen LogP contribution in [0.4, 0.5) is 0 Å². The van der Waals surface area contributed by atoms with Gasteiger partial charge in [-0.15, -0.1) is 0 Å². The third kappa shape index (κ3) is 5.03. The monoisotopic (exact) mass is 572 g/mol. The van der Waals surface area contributed by atoms with E-state index in [4.69, 9.17) is 9.97 Å². The normalized spacial score (nSPS) is 11.6. The van der Waals surface area contributed by atoms with Crippen molar-refractivity contribution in [2.45, 2.75) is 26.2 Å². The van der Waals surface area contributed by atoms with Crippen LogP contribution in [-0.2, 0) is 5.41 Å². The number of benzene rings is 4. The molecule has 0 unspecified atom stereocenters. The Labute approximate surface area is 257 Å². The molecule has 5 heteroatoms. The minimum Gasteiger partial charge on any atom is -0.493 e. The Bertz CT molecular complexity index is 2090. The number of aromatic hydroxyl groups is 1. The molecule has 214 valence electrons. The van der Waals surface area contributed by atoms with Crippen molar-refractivity contribution in [1.82, 2.24) is 19.5 Å². The minimum absolute atomic E-state index is 0.0425. The largest absolute Gasteiger partial charge is 0.493 e. The van der Waals surface area contributed by atoms with Crippen LogP contribution in [0, 0.1) is 0 Å². The van der Waals surface area contributed by atoms with E-state index < -0.39 is 0 Å². The van der Waals surface area contributed by atoms with Crippen molar-refractivity contribution in [2.24, 2.45) is 0 Å². The molecule has 1 N–H and O–H groups in total. The van der Waals surface area contributed by atoms with Crippen molar-refractivity contribution in [2.75, 3.05) is 0 Å². The van der Waals surface area contributed by atoms with Gasteiger partial charge in [-0.2, -0.15) is 0 Å². The van der Waals surface area contributed by atoms with Crippen LogP contribution in [0.15, 0.2) is 134 Å². The fourth-order valence-corrected chi connectivity index (χ4v) is 5.60. The Balaban J connectivity index is 1.38. The topological polar surface area (TPSA) is 63.8 Å². The van der Waals surface area contributed by atoms with Gasteiger partial charge < -0.3 is 5.11 Å². The first-order valence-corrected chi connectivity index (χ1v) is 14.8. The molecule has 7 aromatic rings. The highest BCUT2D eigenvalue weighted by atomic mass is 16.3. The zero-order valence-electron chi connectivity index (χ0n) is 24.9. The highest BCUT2D eigenvalue weighted by molar-refractivity contribution is 5.96. The van der Waals surface area contributed by atoms with Gasteiger partial charge in [0.05, 0.1) is 22.3 Å². The molecule has 3 heterocycles. The molecule has 44 heavy (non-hydrogen) atoms. The molecule has 0 saturated carbocycles. The van der Waals surface area contributed by atoms with E-state index >= 15 is 0 Å². The summed E-state index contributed by atoms with van der Waals surface area (Å²) in [6.07, 6.45) is 3.67. The van der Waals surface area contributed by atoms with Crippen molar-refractivity contribution in [3.05, 3.63) is 139 Å². The van der Waals surface area contributed by atoms with Crippen LogP contribution in [0.1, 0.15) is 26.3 Å². The fourth-order valence-electron chi connectivity index (χ4n) is 5.60. The lowest BCUT2D eigenvalue weighted by Gasteiger charge is -2.19. The summed E-state index contributed by atoms with van der Waals surface area (Å²) in [7, 11) is 0. The van der Waals surface area contributed by atoms with E-state index in [9.17, 15) is 5.11 Å². The van der Waals surface area contributed by atoms with Crippen molar-refractivity contribution in [1.29, 1.82) is 0 Å². The lowest BCUT2D eigenvalue weighted by Crippen LogP contribution is -2.12. The molecule has 3 aromatic heterocycles. The molecule has 0 amide bonds. The van der Waals surface area contributed by atoms with Crippen LogP contribution in [0.5, 0.6) is 5.88 Å². The second-order valence-corrected chi connectivity index (χ2v) is 12.0. The van der Waals surface area contributed by atoms with E-state index in [0.29, 0.717) is 11.4 Å². The summed E-state index contributed by atoms with van der Waals surface area (Å²) in [5.74, 6) is 0.600. The van der Waals surface area contributed by atoms with Crippen LogP contribution in [0.25, 0.3) is 61.6 Å². The average Bonchev–Trinajstić information content (AvgIpc) is 3.45.